The number of aromatic nitrogens is 4. The molecule has 0 radical (unpaired) electrons. The van der Waals surface area contributed by atoms with E-state index in [1.165, 1.54) is 0 Å². The maximum atomic E-state index is 14.2. The Hall–Kier alpha value is -3.30. The SMILES string of the molecule is CC(C)CC1(C)N=C(c2cc(Cl)cc(Cl)c2)C(=O)N1[C@H](CCC(C)(C)C)c1ccc(C(=O)Nc2nn[nH]n2)cc1. The van der Waals surface area contributed by atoms with Gasteiger partial charge in [-0.05, 0) is 78.6 Å². The molecule has 1 unspecified atom stereocenters. The number of rotatable bonds is 9. The highest BCUT2D eigenvalue weighted by atomic mass is 35.5. The Bertz CT molecular complexity index is 1380. The van der Waals surface area contributed by atoms with Crippen molar-refractivity contribution in [2.45, 2.75) is 72.5 Å². The van der Waals surface area contributed by atoms with Crippen LogP contribution in [0.2, 0.25) is 10.0 Å². The van der Waals surface area contributed by atoms with Crippen LogP contribution in [-0.2, 0) is 4.79 Å². The van der Waals surface area contributed by atoms with Gasteiger partial charge in [-0.25, -0.2) is 0 Å². The van der Waals surface area contributed by atoms with Gasteiger partial charge in [0.2, 0.25) is 0 Å². The van der Waals surface area contributed by atoms with Gasteiger partial charge >= 0.3 is 0 Å². The monoisotopic (exact) mass is 583 g/mol. The lowest BCUT2D eigenvalue weighted by Gasteiger charge is -2.41. The predicted octanol–water partition coefficient (Wildman–Crippen LogP) is 6.72. The first-order valence-corrected chi connectivity index (χ1v) is 14.1. The van der Waals surface area contributed by atoms with E-state index in [4.69, 9.17) is 28.2 Å². The molecule has 9 nitrogen and oxygen atoms in total. The van der Waals surface area contributed by atoms with E-state index in [0.717, 1.165) is 18.4 Å². The third kappa shape index (κ3) is 6.88. The summed E-state index contributed by atoms with van der Waals surface area (Å²) in [6.07, 6.45) is 2.27. The van der Waals surface area contributed by atoms with Gasteiger partial charge in [0.1, 0.15) is 11.4 Å². The summed E-state index contributed by atoms with van der Waals surface area (Å²) in [4.78, 5) is 33.9. The third-order valence-electron chi connectivity index (χ3n) is 6.83. The van der Waals surface area contributed by atoms with Crippen molar-refractivity contribution in [2.75, 3.05) is 5.32 Å². The van der Waals surface area contributed by atoms with E-state index in [-0.39, 0.29) is 35.1 Å². The van der Waals surface area contributed by atoms with Gasteiger partial charge in [-0.2, -0.15) is 5.21 Å². The Labute approximate surface area is 244 Å². The maximum absolute atomic E-state index is 14.2. The highest BCUT2D eigenvalue weighted by Gasteiger charge is 2.48. The minimum Gasteiger partial charge on any atom is -0.306 e. The Morgan fingerprint density at radius 1 is 1.10 bits per heavy atom. The molecule has 11 heteroatoms. The maximum Gasteiger partial charge on any atom is 0.275 e. The summed E-state index contributed by atoms with van der Waals surface area (Å²) in [6, 6.07) is 12.1. The number of anilines is 1. The molecule has 3 aromatic rings. The van der Waals surface area contributed by atoms with Crippen LogP contribution in [0.3, 0.4) is 0 Å². The lowest BCUT2D eigenvalue weighted by Crippen LogP contribution is -2.48. The number of hydrogen-bond donors (Lipinski definition) is 2. The first-order chi connectivity index (χ1) is 18.8. The molecule has 0 saturated heterocycles. The standard InChI is InChI=1S/C29H35Cl2N7O2/c1-17(2)16-29(6)33-24(20-13-21(30)15-22(31)14-20)26(40)38(29)23(11-12-28(3,4)5)18-7-9-19(10-8-18)25(39)32-27-34-36-37-35-27/h7-10,13-15,17,23H,11-12,16H2,1-6H3,(H2,32,34,35,36,37,39)/t23-,29?/m1/s1. The van der Waals surface area contributed by atoms with E-state index in [1.807, 2.05) is 24.0 Å². The van der Waals surface area contributed by atoms with Crippen LogP contribution in [0.4, 0.5) is 5.95 Å². The van der Waals surface area contributed by atoms with Gasteiger partial charge in [0.15, 0.2) is 0 Å². The number of aromatic amines is 1. The van der Waals surface area contributed by atoms with Crippen molar-refractivity contribution in [1.29, 1.82) is 0 Å². The van der Waals surface area contributed by atoms with E-state index in [0.29, 0.717) is 33.3 Å². The molecule has 4 rings (SSSR count). The van der Waals surface area contributed by atoms with Crippen LogP contribution in [0.15, 0.2) is 47.5 Å². The van der Waals surface area contributed by atoms with E-state index in [1.54, 1.807) is 30.3 Å². The fraction of sp³-hybridized carbons (Fsp3) is 0.448. The topological polar surface area (TPSA) is 116 Å². The zero-order valence-corrected chi connectivity index (χ0v) is 25.1. The number of hydrogen-bond acceptors (Lipinski definition) is 6. The molecule has 0 spiro atoms. The molecule has 2 N–H and O–H groups in total. The van der Waals surface area contributed by atoms with Crippen molar-refractivity contribution in [1.82, 2.24) is 25.5 Å². The highest BCUT2D eigenvalue weighted by molar-refractivity contribution is 6.47. The zero-order chi connectivity index (χ0) is 29.2. The molecule has 2 heterocycles. The summed E-state index contributed by atoms with van der Waals surface area (Å²) < 4.78 is 0. The molecule has 40 heavy (non-hydrogen) atoms. The number of halogens is 2. The number of amides is 2. The molecule has 0 fully saturated rings. The molecule has 2 aromatic carbocycles. The Balaban J connectivity index is 1.73. The van der Waals surface area contributed by atoms with Crippen LogP contribution in [0.5, 0.6) is 0 Å². The van der Waals surface area contributed by atoms with E-state index in [9.17, 15) is 9.59 Å². The van der Waals surface area contributed by atoms with Gasteiger partial charge in [-0.15, -0.1) is 5.10 Å². The molecule has 0 saturated carbocycles. The van der Waals surface area contributed by atoms with Crippen molar-refractivity contribution >= 4 is 46.7 Å². The van der Waals surface area contributed by atoms with Gasteiger partial charge in [-0.1, -0.05) is 75.1 Å². The molecule has 212 valence electrons. The number of carbonyl (C=O) groups excluding carboxylic acids is 2. The fourth-order valence-electron chi connectivity index (χ4n) is 5.21. The number of tetrazole rings is 1. The van der Waals surface area contributed by atoms with Crippen LogP contribution in [-0.4, -0.2) is 48.7 Å². The Morgan fingerprint density at radius 3 is 2.30 bits per heavy atom. The molecule has 2 amide bonds. The molecular formula is C29H35Cl2N7O2. The fourth-order valence-corrected chi connectivity index (χ4v) is 5.73. The second-order valence-electron chi connectivity index (χ2n) is 12.0. The molecule has 1 aromatic heterocycles. The molecule has 0 bridgehead atoms. The Morgan fingerprint density at radius 2 is 1.75 bits per heavy atom. The largest absolute Gasteiger partial charge is 0.306 e. The second kappa shape index (κ2) is 11.7. The average Bonchev–Trinajstić information content (AvgIpc) is 3.44. The molecule has 2 atom stereocenters. The summed E-state index contributed by atoms with van der Waals surface area (Å²) in [5.74, 6) is -0.148. The van der Waals surface area contributed by atoms with E-state index < -0.39 is 5.66 Å². The van der Waals surface area contributed by atoms with Gasteiger partial charge in [0.05, 0.1) is 6.04 Å². The molecule has 1 aliphatic heterocycles. The quantitative estimate of drug-likeness (QED) is 0.290. The van der Waals surface area contributed by atoms with Crippen LogP contribution in [0.1, 0.15) is 88.3 Å². The smallest absolute Gasteiger partial charge is 0.275 e. The summed E-state index contributed by atoms with van der Waals surface area (Å²) in [7, 11) is 0. The van der Waals surface area contributed by atoms with E-state index >= 15 is 0 Å². The molecular weight excluding hydrogens is 549 g/mol. The number of nitrogens with one attached hydrogen (secondary N) is 2. The normalized spacial score (nSPS) is 18.3. The van der Waals surface area contributed by atoms with Crippen LogP contribution >= 0.6 is 23.2 Å². The zero-order valence-electron chi connectivity index (χ0n) is 23.6. The summed E-state index contributed by atoms with van der Waals surface area (Å²) in [6.45, 7) is 12.8. The first-order valence-electron chi connectivity index (χ1n) is 13.3. The summed E-state index contributed by atoms with van der Waals surface area (Å²) in [5.41, 5.74) is 1.57. The number of benzene rings is 2. The minimum absolute atomic E-state index is 0.0457. The van der Waals surface area contributed by atoms with Crippen molar-refractivity contribution in [3.05, 3.63) is 69.2 Å². The second-order valence-corrected chi connectivity index (χ2v) is 12.9. The van der Waals surface area contributed by atoms with Crippen molar-refractivity contribution in [3.8, 4) is 0 Å². The van der Waals surface area contributed by atoms with Gasteiger partial charge < -0.3 is 4.90 Å². The summed E-state index contributed by atoms with van der Waals surface area (Å²) in [5, 5.41) is 16.8. The Kier molecular flexibility index (Phi) is 8.66. The van der Waals surface area contributed by atoms with Crippen LogP contribution < -0.4 is 5.32 Å². The van der Waals surface area contributed by atoms with Crippen LogP contribution in [0, 0.1) is 11.3 Å². The number of H-pyrrole nitrogens is 1. The highest BCUT2D eigenvalue weighted by Crippen LogP contribution is 2.42. The van der Waals surface area contributed by atoms with Crippen molar-refractivity contribution in [3.63, 3.8) is 0 Å². The number of nitrogens with zero attached hydrogens (tertiary/aromatic N) is 5. The average molecular weight is 585 g/mol. The molecule has 0 aliphatic carbocycles. The van der Waals surface area contributed by atoms with Crippen molar-refractivity contribution in [2.24, 2.45) is 16.3 Å². The lowest BCUT2D eigenvalue weighted by atomic mass is 9.85. The number of aliphatic imine (C=N–C) groups is 1. The van der Waals surface area contributed by atoms with E-state index in [2.05, 4.69) is 60.6 Å². The summed E-state index contributed by atoms with van der Waals surface area (Å²) >= 11 is 12.6. The lowest BCUT2D eigenvalue weighted by molar-refractivity contribution is -0.131. The number of carbonyl (C=O) groups is 2. The van der Waals surface area contributed by atoms with Crippen molar-refractivity contribution < 1.29 is 9.59 Å². The van der Waals surface area contributed by atoms with Crippen LogP contribution in [0.25, 0.3) is 0 Å². The molecule has 1 aliphatic rings. The van der Waals surface area contributed by atoms with Gasteiger partial charge in [-0.3, -0.25) is 19.9 Å². The van der Waals surface area contributed by atoms with Gasteiger partial charge in [0.25, 0.3) is 17.8 Å². The predicted molar refractivity (Wildman–Crippen MR) is 158 cm³/mol. The first kappa shape index (κ1) is 29.7. The third-order valence-corrected chi connectivity index (χ3v) is 7.27. The van der Waals surface area contributed by atoms with Gasteiger partial charge in [0, 0.05) is 21.2 Å². The minimum atomic E-state index is -0.785.